The molecule has 26 heavy (non-hydrogen) atoms. The molecular formula is H4Al2Ca2O17Si5. The van der Waals surface area contributed by atoms with Crippen molar-refractivity contribution in [3.63, 3.8) is 0 Å². The SMILES string of the molecule is O.O.O=[Si]([O-])[O-].O=[Si]([O-])[O-].O=[Si]([O-])[O-].O=[Si]([O-])[O-].O=[Si]([O-])[O-].[Al+3].[Al+3].[Ca+2].[Ca+2]. The zero-order chi connectivity index (χ0) is 17.9. The van der Waals surface area contributed by atoms with E-state index in [1.54, 1.807) is 0 Å². The Kier molecular flexibility index (Phi) is 172. The molecule has 0 spiro atoms. The maximum atomic E-state index is 8.52. The fourth-order valence-electron chi connectivity index (χ4n) is 0. The summed E-state index contributed by atoms with van der Waals surface area (Å²) in [4.78, 5) is 85.2. The summed E-state index contributed by atoms with van der Waals surface area (Å²) in [7, 11) is -18.1. The van der Waals surface area contributed by atoms with Gasteiger partial charge in [0.2, 0.25) is 0 Å². The van der Waals surface area contributed by atoms with Crippen molar-refractivity contribution in [3.05, 3.63) is 0 Å². The van der Waals surface area contributed by atoms with Crippen LogP contribution in [0.1, 0.15) is 0 Å². The van der Waals surface area contributed by atoms with Gasteiger partial charge in [0.05, 0.1) is 0 Å². The molecule has 0 bridgehead atoms. The summed E-state index contributed by atoms with van der Waals surface area (Å²) in [6, 6.07) is 0. The third kappa shape index (κ3) is 6130. The van der Waals surface area contributed by atoms with E-state index in [-0.39, 0.29) is 121 Å². The molecule has 0 heterocycles. The van der Waals surface area contributed by atoms with Gasteiger partial charge in [-0.05, 0) is 0 Å². The van der Waals surface area contributed by atoms with Crippen LogP contribution in [0.5, 0.6) is 0 Å². The Morgan fingerprint density at radius 2 is 0.346 bits per heavy atom. The standard InChI is InChI=1S/2Al.2Ca.5O3Si.2H2O/c;;;;5*1-4(2)3;;/h;;;;;;;;;2*1H2/q2*+3;2*+2;5*-2;;. The Bertz CT molecular complexity index is 222. The van der Waals surface area contributed by atoms with E-state index in [0.29, 0.717) is 0 Å². The molecule has 0 amide bonds. The second kappa shape index (κ2) is 63.3. The van der Waals surface area contributed by atoms with Gasteiger partial charge >= 0.3 is 110 Å². The van der Waals surface area contributed by atoms with Gasteiger partial charge in [0.25, 0.3) is 0 Å². The van der Waals surface area contributed by atoms with E-state index in [2.05, 4.69) is 0 Å². The minimum Gasteiger partial charge on any atom is -0.672 e. The topological polar surface area (TPSA) is 379 Å². The molecule has 0 saturated carbocycles. The summed E-state index contributed by atoms with van der Waals surface area (Å²) in [6.07, 6.45) is 0. The molecule has 17 nitrogen and oxygen atoms in total. The average molecular weight is 551 g/mol. The Balaban J connectivity index is -0.0000000114. The molecule has 0 radical (unpaired) electrons. The summed E-state index contributed by atoms with van der Waals surface area (Å²) in [5, 5.41) is 0. The van der Waals surface area contributed by atoms with Crippen molar-refractivity contribution < 1.29 is 81.2 Å². The van der Waals surface area contributed by atoms with Gasteiger partial charge in [-0.2, -0.15) is 0 Å². The Morgan fingerprint density at radius 3 is 0.346 bits per heavy atom. The largest absolute Gasteiger partial charge is 3.00 e. The van der Waals surface area contributed by atoms with E-state index in [0.717, 1.165) is 0 Å². The van der Waals surface area contributed by atoms with Crippen molar-refractivity contribution in [3.8, 4) is 0 Å². The molecule has 0 saturated heterocycles. The van der Waals surface area contributed by atoms with Crippen LogP contribution in [0.25, 0.3) is 0 Å². The summed E-state index contributed by atoms with van der Waals surface area (Å²) < 4.78 is 42.6. The van der Waals surface area contributed by atoms with Gasteiger partial charge in [0.15, 0.2) is 0 Å². The van der Waals surface area contributed by atoms with Crippen LogP contribution in [0.4, 0.5) is 0 Å². The minimum absolute atomic E-state index is 0. The van der Waals surface area contributed by atoms with E-state index in [4.69, 9.17) is 70.3 Å². The van der Waals surface area contributed by atoms with Gasteiger partial charge < -0.3 is 81.2 Å². The molecule has 0 aliphatic rings. The molecule has 0 aromatic rings. The van der Waals surface area contributed by atoms with E-state index in [1.165, 1.54) is 0 Å². The quantitative estimate of drug-likeness (QED) is 0.252. The normalized spacial score (nSPS) is 4.62. The minimum atomic E-state index is -3.63. The molecule has 0 unspecified atom stereocenters. The van der Waals surface area contributed by atoms with Crippen LogP contribution < -0.4 is 48.0 Å². The molecule has 0 fully saturated rings. The molecule has 26 heteroatoms. The van der Waals surface area contributed by atoms with Crippen LogP contribution in [0.3, 0.4) is 0 Å². The van der Waals surface area contributed by atoms with Crippen molar-refractivity contribution >= 4 is 156 Å². The summed E-state index contributed by atoms with van der Waals surface area (Å²) in [5.74, 6) is 0. The Labute approximate surface area is 234 Å². The molecule has 4 N–H and O–H groups in total. The second-order valence-corrected chi connectivity index (χ2v) is 3.75. The van der Waals surface area contributed by atoms with Crippen molar-refractivity contribution in [2.24, 2.45) is 0 Å². The van der Waals surface area contributed by atoms with Gasteiger partial charge in [-0.3, -0.25) is 0 Å². The van der Waals surface area contributed by atoms with Crippen molar-refractivity contribution in [2.75, 3.05) is 0 Å². The van der Waals surface area contributed by atoms with Crippen molar-refractivity contribution in [1.29, 1.82) is 0 Å². The van der Waals surface area contributed by atoms with Crippen molar-refractivity contribution in [1.82, 2.24) is 0 Å². The predicted molar refractivity (Wildman–Crippen MR) is 62.4 cm³/mol. The molecular weight excluding hydrogens is 547 g/mol. The van der Waals surface area contributed by atoms with Gasteiger partial charge in [0, 0.05) is 45.9 Å². The molecule has 0 aromatic carbocycles. The summed E-state index contributed by atoms with van der Waals surface area (Å²) >= 11 is 0. The fraction of sp³-hybridized carbons (Fsp3) is 0. The van der Waals surface area contributed by atoms with Gasteiger partial charge in [-0.1, -0.05) is 0 Å². The summed E-state index contributed by atoms with van der Waals surface area (Å²) in [6.45, 7) is 0. The first kappa shape index (κ1) is 70.9. The predicted octanol–water partition coefficient (Wildman–Crippen LogP) is -17.6. The Morgan fingerprint density at radius 1 is 0.346 bits per heavy atom. The van der Waals surface area contributed by atoms with Gasteiger partial charge in [-0.15, -0.1) is 0 Å². The van der Waals surface area contributed by atoms with Crippen LogP contribution in [0.15, 0.2) is 0 Å². The smallest absolute Gasteiger partial charge is 0.672 e. The maximum Gasteiger partial charge on any atom is 3.00 e. The van der Waals surface area contributed by atoms with Gasteiger partial charge in [0.1, 0.15) is 0 Å². The number of rotatable bonds is 0. The third-order valence-electron chi connectivity index (χ3n) is 0. The summed E-state index contributed by atoms with van der Waals surface area (Å²) in [5.41, 5.74) is 0. The third-order valence-corrected chi connectivity index (χ3v) is 0. The van der Waals surface area contributed by atoms with Crippen LogP contribution in [-0.2, 0) is 22.3 Å². The number of hydrogen-bond acceptors (Lipinski definition) is 15. The Hall–Kier alpha value is 1.59. The monoisotopic (exact) mass is 550 g/mol. The average Bonchev–Trinajstić information content (AvgIpc) is 1.94. The number of hydrogen-bond donors (Lipinski definition) is 0. The molecule has 0 rings (SSSR count). The molecule has 0 aromatic heterocycles. The zero-order valence-corrected chi connectivity index (χ0v) is 23.9. The van der Waals surface area contributed by atoms with Crippen LogP contribution in [0, 0.1) is 0 Å². The van der Waals surface area contributed by atoms with Crippen LogP contribution in [0.2, 0.25) is 0 Å². The molecule has 0 aliphatic heterocycles. The fourth-order valence-corrected chi connectivity index (χ4v) is 0. The molecule has 0 atom stereocenters. The molecule has 136 valence electrons. The maximum absolute atomic E-state index is 8.52. The van der Waals surface area contributed by atoms with E-state index >= 15 is 0 Å². The second-order valence-electron chi connectivity index (χ2n) is 1.25. The van der Waals surface area contributed by atoms with Gasteiger partial charge in [-0.25, -0.2) is 0 Å². The van der Waals surface area contributed by atoms with E-state index < -0.39 is 45.9 Å². The first-order chi connectivity index (χ1) is 8.66. The molecule has 0 aliphatic carbocycles. The van der Waals surface area contributed by atoms with E-state index in [1.807, 2.05) is 0 Å². The van der Waals surface area contributed by atoms with Crippen LogP contribution in [-0.4, -0.2) is 167 Å². The van der Waals surface area contributed by atoms with Crippen molar-refractivity contribution in [2.45, 2.75) is 0 Å². The first-order valence-electron chi connectivity index (χ1n) is 3.06. The van der Waals surface area contributed by atoms with E-state index in [9.17, 15) is 0 Å². The first-order valence-corrected chi connectivity index (χ1v) is 9.19. The zero-order valence-electron chi connectivity index (χ0n) is 12.2. The van der Waals surface area contributed by atoms with Crippen LogP contribution >= 0.6 is 0 Å².